The summed E-state index contributed by atoms with van der Waals surface area (Å²) < 4.78 is 28.3. The van der Waals surface area contributed by atoms with Gasteiger partial charge in [0.25, 0.3) is 11.8 Å². The van der Waals surface area contributed by atoms with Crippen molar-refractivity contribution in [3.05, 3.63) is 63.1 Å². The number of carbonyl (C=O) groups excluding carboxylic acids is 2. The van der Waals surface area contributed by atoms with E-state index in [9.17, 15) is 28.3 Å². The van der Waals surface area contributed by atoms with E-state index < -0.39 is 34.6 Å². The Morgan fingerprint density at radius 2 is 2.03 bits per heavy atom. The molecular weight excluding hydrogens is 410 g/mol. The summed E-state index contributed by atoms with van der Waals surface area (Å²) >= 11 is 0. The Kier molecular flexibility index (Phi) is 4.54. The van der Waals surface area contributed by atoms with Crippen LogP contribution in [-0.2, 0) is 13.1 Å². The van der Waals surface area contributed by atoms with Crippen LogP contribution in [0, 0.1) is 11.6 Å². The summed E-state index contributed by atoms with van der Waals surface area (Å²) in [5.74, 6) is -3.58. The Labute approximate surface area is 175 Å². The SMILES string of the molecule is O=C(NCc1ccc(F)cc1F)c1cn2c(c(O)c1=O)C(=O)N1CC3CCCN3[C@@H]1C2. The van der Waals surface area contributed by atoms with Crippen LogP contribution in [-0.4, -0.2) is 56.6 Å². The molecule has 2 amide bonds. The zero-order valence-corrected chi connectivity index (χ0v) is 16.5. The Morgan fingerprint density at radius 1 is 1.23 bits per heavy atom. The fourth-order valence-corrected chi connectivity index (χ4v) is 4.82. The van der Waals surface area contributed by atoms with Crippen molar-refractivity contribution in [2.45, 2.75) is 38.1 Å². The number of nitrogens with one attached hydrogen (secondary N) is 1. The predicted molar refractivity (Wildman–Crippen MR) is 104 cm³/mol. The molecule has 2 N–H and O–H groups in total. The number of rotatable bonds is 3. The first kappa shape index (κ1) is 19.7. The number of aromatic hydroxyl groups is 1. The third-order valence-electron chi connectivity index (χ3n) is 6.35. The van der Waals surface area contributed by atoms with Crippen LogP contribution in [0.4, 0.5) is 8.78 Å². The number of hydrogen-bond donors (Lipinski definition) is 2. The van der Waals surface area contributed by atoms with Gasteiger partial charge in [0.05, 0.1) is 6.54 Å². The zero-order chi connectivity index (χ0) is 21.9. The van der Waals surface area contributed by atoms with Crippen LogP contribution in [0.5, 0.6) is 5.75 Å². The number of halogens is 2. The Hall–Kier alpha value is -3.27. The molecule has 0 spiro atoms. The van der Waals surface area contributed by atoms with Crippen LogP contribution < -0.4 is 10.7 Å². The largest absolute Gasteiger partial charge is 0.503 e. The highest BCUT2D eigenvalue weighted by Crippen LogP contribution is 2.35. The first-order valence-corrected chi connectivity index (χ1v) is 10.1. The van der Waals surface area contributed by atoms with Gasteiger partial charge in [-0.2, -0.15) is 0 Å². The highest BCUT2D eigenvalue weighted by molar-refractivity contribution is 5.99. The molecule has 10 heteroatoms. The standard InChI is InChI=1S/C21H20F2N4O4/c22-12-4-3-11(15(23)6-12)7-24-20(30)14-9-25-10-16-26-5-1-2-13(26)8-27(16)21(31)17(25)19(29)18(14)28/h3-4,6,9,13,16,29H,1-2,5,7-8,10H2,(H,24,30)/t13?,16-/m0/s1. The molecule has 2 saturated heterocycles. The minimum atomic E-state index is -0.963. The molecule has 1 aromatic carbocycles. The lowest BCUT2D eigenvalue weighted by atomic mass is 10.1. The second-order valence-electron chi connectivity index (χ2n) is 8.11. The van der Waals surface area contributed by atoms with E-state index in [2.05, 4.69) is 10.2 Å². The normalized spacial score (nSPS) is 22.3. The highest BCUT2D eigenvalue weighted by Gasteiger charge is 2.48. The molecule has 2 aromatic rings. The molecule has 2 fully saturated rings. The average molecular weight is 430 g/mol. The van der Waals surface area contributed by atoms with Gasteiger partial charge in [-0.15, -0.1) is 0 Å². The van der Waals surface area contributed by atoms with Crippen molar-refractivity contribution in [2.24, 2.45) is 0 Å². The topological polar surface area (TPSA) is 94.9 Å². The molecule has 0 aliphatic carbocycles. The van der Waals surface area contributed by atoms with Crippen molar-refractivity contribution in [1.82, 2.24) is 19.7 Å². The molecule has 1 aromatic heterocycles. The van der Waals surface area contributed by atoms with Gasteiger partial charge in [0.2, 0.25) is 5.43 Å². The number of pyridine rings is 1. The van der Waals surface area contributed by atoms with E-state index in [4.69, 9.17) is 0 Å². The van der Waals surface area contributed by atoms with Gasteiger partial charge in [0.1, 0.15) is 23.4 Å². The monoisotopic (exact) mass is 430 g/mol. The number of aromatic nitrogens is 1. The van der Waals surface area contributed by atoms with Gasteiger partial charge in [-0.1, -0.05) is 6.07 Å². The minimum absolute atomic E-state index is 0.0499. The Balaban J connectivity index is 1.43. The second-order valence-corrected chi connectivity index (χ2v) is 8.11. The second kappa shape index (κ2) is 7.16. The third kappa shape index (κ3) is 3.09. The number of hydrogen-bond acceptors (Lipinski definition) is 5. The van der Waals surface area contributed by atoms with Crippen molar-refractivity contribution in [2.75, 3.05) is 13.1 Å². The average Bonchev–Trinajstić information content (AvgIpc) is 3.32. The van der Waals surface area contributed by atoms with Gasteiger partial charge in [-0.3, -0.25) is 19.3 Å². The maximum absolute atomic E-state index is 13.8. The molecule has 0 saturated carbocycles. The van der Waals surface area contributed by atoms with E-state index in [1.165, 1.54) is 16.8 Å². The summed E-state index contributed by atoms with van der Waals surface area (Å²) in [6.45, 7) is 1.50. The molecule has 0 radical (unpaired) electrons. The third-order valence-corrected chi connectivity index (χ3v) is 6.35. The number of nitrogens with zero attached hydrogens (tertiary/aromatic N) is 3. The smallest absolute Gasteiger partial charge is 0.275 e. The van der Waals surface area contributed by atoms with E-state index in [-0.39, 0.29) is 35.6 Å². The molecule has 5 rings (SSSR count). The van der Waals surface area contributed by atoms with Crippen molar-refractivity contribution in [3.63, 3.8) is 0 Å². The summed E-state index contributed by atoms with van der Waals surface area (Å²) in [6.07, 6.45) is 3.14. The Morgan fingerprint density at radius 3 is 2.81 bits per heavy atom. The number of benzene rings is 1. The van der Waals surface area contributed by atoms with Gasteiger partial charge in [0.15, 0.2) is 11.4 Å². The molecule has 162 valence electrons. The fourth-order valence-electron chi connectivity index (χ4n) is 4.82. The van der Waals surface area contributed by atoms with Crippen molar-refractivity contribution in [1.29, 1.82) is 0 Å². The molecule has 4 heterocycles. The molecule has 2 atom stereocenters. The minimum Gasteiger partial charge on any atom is -0.503 e. The van der Waals surface area contributed by atoms with Gasteiger partial charge < -0.3 is 19.9 Å². The van der Waals surface area contributed by atoms with Crippen LogP contribution >= 0.6 is 0 Å². The van der Waals surface area contributed by atoms with Crippen molar-refractivity contribution < 1.29 is 23.5 Å². The van der Waals surface area contributed by atoms with Gasteiger partial charge in [-0.25, -0.2) is 8.78 Å². The van der Waals surface area contributed by atoms with E-state index in [1.54, 1.807) is 4.90 Å². The first-order valence-electron chi connectivity index (χ1n) is 10.1. The van der Waals surface area contributed by atoms with Gasteiger partial charge in [0, 0.05) is 43.5 Å². The highest BCUT2D eigenvalue weighted by atomic mass is 19.1. The predicted octanol–water partition coefficient (Wildman–Crippen LogP) is 1.02. The maximum Gasteiger partial charge on any atom is 0.275 e. The summed E-state index contributed by atoms with van der Waals surface area (Å²) in [6, 6.07) is 3.23. The molecule has 1 unspecified atom stereocenters. The number of fused-ring (bicyclic) bond motifs is 4. The fraction of sp³-hybridized carbons (Fsp3) is 0.381. The van der Waals surface area contributed by atoms with Crippen LogP contribution in [0.2, 0.25) is 0 Å². The Bertz CT molecular complexity index is 1160. The molecule has 3 aliphatic rings. The summed E-state index contributed by atoms with van der Waals surface area (Å²) in [4.78, 5) is 42.1. The van der Waals surface area contributed by atoms with E-state index in [1.807, 2.05) is 0 Å². The van der Waals surface area contributed by atoms with E-state index in [0.29, 0.717) is 19.2 Å². The summed E-state index contributed by atoms with van der Waals surface area (Å²) in [5, 5.41) is 12.9. The lowest BCUT2D eigenvalue weighted by Gasteiger charge is -2.35. The van der Waals surface area contributed by atoms with Crippen molar-refractivity contribution in [3.8, 4) is 5.75 Å². The molecule has 0 bridgehead atoms. The number of carbonyl (C=O) groups is 2. The first-order chi connectivity index (χ1) is 14.8. The quantitative estimate of drug-likeness (QED) is 0.759. The van der Waals surface area contributed by atoms with Crippen LogP contribution in [0.25, 0.3) is 0 Å². The maximum atomic E-state index is 13.8. The van der Waals surface area contributed by atoms with Crippen LogP contribution in [0.1, 0.15) is 39.3 Å². The van der Waals surface area contributed by atoms with E-state index >= 15 is 0 Å². The molecule has 3 aliphatic heterocycles. The summed E-state index contributed by atoms with van der Waals surface area (Å²) in [5.41, 5.74) is -1.38. The van der Waals surface area contributed by atoms with Crippen LogP contribution in [0.3, 0.4) is 0 Å². The molecule has 8 nitrogen and oxygen atoms in total. The zero-order valence-electron chi connectivity index (χ0n) is 16.5. The lowest BCUT2D eigenvalue weighted by Crippen LogP contribution is -2.50. The number of amides is 2. The van der Waals surface area contributed by atoms with Gasteiger partial charge >= 0.3 is 0 Å². The van der Waals surface area contributed by atoms with Gasteiger partial charge in [-0.05, 0) is 18.9 Å². The molecular formula is C21H20F2N4O4. The van der Waals surface area contributed by atoms with E-state index in [0.717, 1.165) is 25.5 Å². The lowest BCUT2D eigenvalue weighted by molar-refractivity contribution is 0.0513. The summed E-state index contributed by atoms with van der Waals surface area (Å²) in [7, 11) is 0. The van der Waals surface area contributed by atoms with Crippen LogP contribution in [0.15, 0.2) is 29.2 Å². The van der Waals surface area contributed by atoms with Crippen molar-refractivity contribution >= 4 is 11.8 Å². The molecule has 31 heavy (non-hydrogen) atoms.